The molecule has 0 saturated heterocycles. The highest BCUT2D eigenvalue weighted by Crippen LogP contribution is 2.35. The number of aryl methyl sites for hydroxylation is 4. The molecule has 3 aromatic rings. The van der Waals surface area contributed by atoms with Crippen LogP contribution in [-0.2, 0) is 30.4 Å². The highest BCUT2D eigenvalue weighted by atomic mass is 32.1. The van der Waals surface area contributed by atoms with Crippen molar-refractivity contribution >= 4 is 17.5 Å². The predicted octanol–water partition coefficient (Wildman–Crippen LogP) is 7.03. The molecule has 7 heteroatoms. The molecule has 2 aromatic carbocycles. The van der Waals surface area contributed by atoms with Crippen molar-refractivity contribution in [3.05, 3.63) is 81.2 Å². The number of carboxylic acid groups (broad SMARTS) is 1. The Labute approximate surface area is 176 Å². The van der Waals surface area contributed by atoms with Crippen LogP contribution in [0, 0.1) is 13.8 Å². The van der Waals surface area contributed by atoms with E-state index in [1.165, 1.54) is 17.0 Å². The number of alkyl halides is 3. The lowest BCUT2D eigenvalue weighted by atomic mass is 10.0. The minimum Gasteiger partial charge on any atom is -0.450 e. The van der Waals surface area contributed by atoms with Crippen molar-refractivity contribution in [1.29, 1.82) is 0 Å². The van der Waals surface area contributed by atoms with Crippen LogP contribution in [0.25, 0.3) is 10.4 Å². The Morgan fingerprint density at radius 1 is 1.00 bits per heavy atom. The van der Waals surface area contributed by atoms with E-state index in [0.29, 0.717) is 0 Å². The number of hydrogen-bond acceptors (Lipinski definition) is 3. The molecule has 30 heavy (non-hydrogen) atoms. The van der Waals surface area contributed by atoms with Crippen LogP contribution in [0.15, 0.2) is 48.5 Å². The number of thiophene rings is 1. The van der Waals surface area contributed by atoms with Crippen LogP contribution >= 0.6 is 11.3 Å². The summed E-state index contributed by atoms with van der Waals surface area (Å²) in [7, 11) is 0. The van der Waals surface area contributed by atoms with Gasteiger partial charge in [-0.3, -0.25) is 0 Å². The Kier molecular flexibility index (Phi) is 6.51. The van der Waals surface area contributed by atoms with Crippen molar-refractivity contribution in [3.8, 4) is 10.4 Å². The third-order valence-electron chi connectivity index (χ3n) is 4.92. The van der Waals surface area contributed by atoms with E-state index in [2.05, 4.69) is 4.74 Å². The first-order chi connectivity index (χ1) is 14.1. The highest BCUT2D eigenvalue weighted by molar-refractivity contribution is 7.15. The van der Waals surface area contributed by atoms with Gasteiger partial charge < -0.3 is 9.84 Å². The van der Waals surface area contributed by atoms with Crippen molar-refractivity contribution < 1.29 is 27.8 Å². The van der Waals surface area contributed by atoms with Gasteiger partial charge in [-0.2, -0.15) is 13.2 Å². The molecule has 158 valence electrons. The maximum absolute atomic E-state index is 12.8. The monoisotopic (exact) mass is 434 g/mol. The lowest BCUT2D eigenvalue weighted by Crippen LogP contribution is -2.03. The number of halogens is 3. The van der Waals surface area contributed by atoms with Crippen LogP contribution in [0.1, 0.15) is 32.7 Å². The van der Waals surface area contributed by atoms with Crippen LogP contribution in [0.2, 0.25) is 0 Å². The Morgan fingerprint density at radius 2 is 1.70 bits per heavy atom. The molecular weight excluding hydrogens is 413 g/mol. The smallest absolute Gasteiger partial charge is 0.450 e. The standard InChI is InChI=1S/C23H21F3O3S/c1-14-11-16(3-5-18(14)13-29-22(27)28)4-10-20-15(2)12-21(30-20)17-6-8-19(9-7-17)23(24,25)26/h3,5-9,11-12H,4,10,13H2,1-2H3,(H,27,28). The number of benzene rings is 2. The van der Waals surface area contributed by atoms with Gasteiger partial charge in [-0.1, -0.05) is 30.3 Å². The largest absolute Gasteiger partial charge is 0.506 e. The fourth-order valence-corrected chi connectivity index (χ4v) is 4.39. The summed E-state index contributed by atoms with van der Waals surface area (Å²) in [5, 5.41) is 8.62. The van der Waals surface area contributed by atoms with Gasteiger partial charge in [-0.15, -0.1) is 11.3 Å². The third kappa shape index (κ3) is 5.42. The first-order valence-corrected chi connectivity index (χ1v) is 10.2. The van der Waals surface area contributed by atoms with Gasteiger partial charge in [0, 0.05) is 9.75 Å². The van der Waals surface area contributed by atoms with E-state index in [4.69, 9.17) is 5.11 Å². The van der Waals surface area contributed by atoms with E-state index < -0.39 is 17.9 Å². The van der Waals surface area contributed by atoms with E-state index in [-0.39, 0.29) is 6.61 Å². The van der Waals surface area contributed by atoms with Gasteiger partial charge in [-0.05, 0) is 72.7 Å². The maximum Gasteiger partial charge on any atom is 0.506 e. The first-order valence-electron chi connectivity index (χ1n) is 9.34. The zero-order chi connectivity index (χ0) is 21.9. The van der Waals surface area contributed by atoms with Crippen LogP contribution in [0.3, 0.4) is 0 Å². The van der Waals surface area contributed by atoms with Gasteiger partial charge in [-0.25, -0.2) is 4.79 Å². The molecular formula is C23H21F3O3S. The minimum atomic E-state index is -4.33. The molecule has 0 saturated carbocycles. The summed E-state index contributed by atoms with van der Waals surface area (Å²) in [6, 6.07) is 13.1. The van der Waals surface area contributed by atoms with Gasteiger partial charge in [0.2, 0.25) is 0 Å². The molecule has 1 heterocycles. The molecule has 0 aliphatic heterocycles. The summed E-state index contributed by atoms with van der Waals surface area (Å²) < 4.78 is 42.9. The molecule has 0 aliphatic rings. The quantitative estimate of drug-likeness (QED) is 0.424. The normalized spacial score (nSPS) is 11.5. The maximum atomic E-state index is 12.8. The first kappa shape index (κ1) is 21.9. The minimum absolute atomic E-state index is 0.0297. The predicted molar refractivity (Wildman–Crippen MR) is 111 cm³/mol. The van der Waals surface area contributed by atoms with E-state index >= 15 is 0 Å². The van der Waals surface area contributed by atoms with E-state index in [1.54, 1.807) is 11.3 Å². The third-order valence-corrected chi connectivity index (χ3v) is 6.26. The van der Waals surface area contributed by atoms with Crippen LogP contribution in [-0.4, -0.2) is 11.3 Å². The Bertz CT molecular complexity index is 1040. The SMILES string of the molecule is Cc1cc(CCc2sc(-c3ccc(C(F)(F)F)cc3)cc2C)ccc1COC(=O)O. The van der Waals surface area contributed by atoms with Gasteiger partial charge in [0.25, 0.3) is 0 Å². The molecule has 3 nitrogen and oxygen atoms in total. The van der Waals surface area contributed by atoms with Gasteiger partial charge >= 0.3 is 12.3 Å². The van der Waals surface area contributed by atoms with Gasteiger partial charge in [0.05, 0.1) is 5.56 Å². The Morgan fingerprint density at radius 3 is 2.30 bits per heavy atom. The lowest BCUT2D eigenvalue weighted by Gasteiger charge is -2.08. The Balaban J connectivity index is 1.68. The molecule has 0 unspecified atom stereocenters. The number of rotatable bonds is 6. The van der Waals surface area contributed by atoms with E-state index in [9.17, 15) is 18.0 Å². The topological polar surface area (TPSA) is 46.5 Å². The van der Waals surface area contributed by atoms with Crippen LogP contribution in [0.5, 0.6) is 0 Å². The van der Waals surface area contributed by atoms with Crippen LogP contribution in [0.4, 0.5) is 18.0 Å². The van der Waals surface area contributed by atoms with Gasteiger partial charge in [0.1, 0.15) is 6.61 Å². The molecule has 1 N–H and O–H groups in total. The molecule has 0 amide bonds. The summed E-state index contributed by atoms with van der Waals surface area (Å²) in [6.07, 6.45) is -3.99. The zero-order valence-corrected chi connectivity index (χ0v) is 17.4. The number of carbonyl (C=O) groups is 1. The van der Waals surface area contributed by atoms with Crippen molar-refractivity contribution in [2.45, 2.75) is 39.5 Å². The fraction of sp³-hybridized carbons (Fsp3) is 0.261. The average Bonchev–Trinajstić information content (AvgIpc) is 3.05. The summed E-state index contributed by atoms with van der Waals surface area (Å²) in [4.78, 5) is 12.7. The fourth-order valence-electron chi connectivity index (χ4n) is 3.21. The van der Waals surface area contributed by atoms with Crippen molar-refractivity contribution in [1.82, 2.24) is 0 Å². The molecule has 0 atom stereocenters. The molecule has 0 radical (unpaired) electrons. The highest BCUT2D eigenvalue weighted by Gasteiger charge is 2.30. The Hall–Kier alpha value is -2.80. The molecule has 0 bridgehead atoms. The van der Waals surface area contributed by atoms with Crippen LogP contribution < -0.4 is 0 Å². The molecule has 0 aliphatic carbocycles. The zero-order valence-electron chi connectivity index (χ0n) is 16.5. The molecule has 3 rings (SSSR count). The van der Waals surface area contributed by atoms with E-state index in [0.717, 1.165) is 57.7 Å². The second-order valence-electron chi connectivity index (χ2n) is 7.11. The summed E-state index contributed by atoms with van der Waals surface area (Å²) >= 11 is 1.60. The van der Waals surface area contributed by atoms with E-state index in [1.807, 2.05) is 38.1 Å². The van der Waals surface area contributed by atoms with Crippen molar-refractivity contribution in [2.24, 2.45) is 0 Å². The summed E-state index contributed by atoms with van der Waals surface area (Å²) in [6.45, 7) is 3.96. The molecule has 1 aromatic heterocycles. The number of hydrogen-bond donors (Lipinski definition) is 1. The van der Waals surface area contributed by atoms with Gasteiger partial charge in [0.15, 0.2) is 0 Å². The second kappa shape index (κ2) is 8.92. The van der Waals surface area contributed by atoms with Crippen molar-refractivity contribution in [3.63, 3.8) is 0 Å². The second-order valence-corrected chi connectivity index (χ2v) is 8.24. The molecule has 0 fully saturated rings. The summed E-state index contributed by atoms with van der Waals surface area (Å²) in [5.41, 5.74) is 4.20. The average molecular weight is 434 g/mol. The number of ether oxygens (including phenoxy) is 1. The summed E-state index contributed by atoms with van der Waals surface area (Å²) in [5.74, 6) is 0. The van der Waals surface area contributed by atoms with Crippen molar-refractivity contribution in [2.75, 3.05) is 0 Å². The molecule has 0 spiro atoms. The lowest BCUT2D eigenvalue weighted by molar-refractivity contribution is -0.137.